The van der Waals surface area contributed by atoms with Crippen LogP contribution in [0.4, 0.5) is 0 Å². The molecule has 2 atom stereocenters. The highest BCUT2D eigenvalue weighted by Gasteiger charge is 2.22. The minimum absolute atomic E-state index is 0.242. The Labute approximate surface area is 121 Å². The van der Waals surface area contributed by atoms with E-state index < -0.39 is 0 Å². The van der Waals surface area contributed by atoms with Gasteiger partial charge in [0.25, 0.3) is 0 Å². The number of benzene rings is 2. The second-order valence-electron chi connectivity index (χ2n) is 5.87. The van der Waals surface area contributed by atoms with Crippen molar-refractivity contribution in [3.63, 3.8) is 0 Å². The molecule has 2 unspecified atom stereocenters. The van der Waals surface area contributed by atoms with Gasteiger partial charge in [-0.2, -0.15) is 0 Å². The van der Waals surface area contributed by atoms with E-state index in [1.165, 1.54) is 36.0 Å². The lowest BCUT2D eigenvalue weighted by Gasteiger charge is -2.27. The highest BCUT2D eigenvalue weighted by molar-refractivity contribution is 5.32. The maximum Gasteiger partial charge on any atom is 0.0586 e. The fourth-order valence-electron chi connectivity index (χ4n) is 3.40. The Balaban J connectivity index is 1.66. The van der Waals surface area contributed by atoms with Crippen LogP contribution in [-0.4, -0.2) is 11.2 Å². The van der Waals surface area contributed by atoms with Crippen LogP contribution in [0.5, 0.6) is 0 Å². The molecule has 2 aromatic carbocycles. The molecule has 0 amide bonds. The summed E-state index contributed by atoms with van der Waals surface area (Å²) < 4.78 is 0. The van der Waals surface area contributed by atoms with E-state index in [2.05, 4.69) is 36.4 Å². The van der Waals surface area contributed by atoms with Crippen LogP contribution >= 0.6 is 0 Å². The number of hydrogen-bond donors (Lipinski definition) is 1. The van der Waals surface area contributed by atoms with Crippen molar-refractivity contribution in [2.24, 2.45) is 0 Å². The van der Waals surface area contributed by atoms with Crippen LogP contribution in [0.25, 0.3) is 0 Å². The minimum Gasteiger partial charge on any atom is -0.393 e. The Morgan fingerprint density at radius 3 is 2.60 bits per heavy atom. The first-order valence-corrected chi connectivity index (χ1v) is 7.63. The van der Waals surface area contributed by atoms with Gasteiger partial charge in [0, 0.05) is 0 Å². The Hall–Kier alpha value is -1.60. The Kier molecular flexibility index (Phi) is 4.17. The monoisotopic (exact) mass is 266 g/mol. The van der Waals surface area contributed by atoms with Crippen molar-refractivity contribution in [2.75, 3.05) is 0 Å². The number of fused-ring (bicyclic) bond motifs is 1. The van der Waals surface area contributed by atoms with Gasteiger partial charge in [-0.25, -0.2) is 0 Å². The molecule has 1 aliphatic rings. The lowest BCUT2D eigenvalue weighted by atomic mass is 9.79. The van der Waals surface area contributed by atoms with Crippen LogP contribution in [0.1, 0.15) is 41.9 Å². The Bertz CT molecular complexity index is 547. The molecule has 0 saturated heterocycles. The summed E-state index contributed by atoms with van der Waals surface area (Å²) >= 11 is 0. The minimum atomic E-state index is -0.242. The Morgan fingerprint density at radius 2 is 1.75 bits per heavy atom. The van der Waals surface area contributed by atoms with E-state index in [0.717, 1.165) is 12.8 Å². The first-order valence-electron chi connectivity index (χ1n) is 7.63. The topological polar surface area (TPSA) is 20.2 Å². The van der Waals surface area contributed by atoms with Crippen molar-refractivity contribution >= 4 is 0 Å². The molecule has 0 heterocycles. The maximum absolute atomic E-state index is 10.4. The van der Waals surface area contributed by atoms with Gasteiger partial charge >= 0.3 is 0 Å². The first-order chi connectivity index (χ1) is 9.83. The molecular formula is C19H22O. The zero-order valence-corrected chi connectivity index (χ0v) is 11.8. The predicted molar refractivity (Wildman–Crippen MR) is 82.9 cm³/mol. The molecule has 1 aliphatic carbocycles. The van der Waals surface area contributed by atoms with Gasteiger partial charge in [-0.15, -0.1) is 0 Å². The normalized spacial score (nSPS) is 19.4. The Morgan fingerprint density at radius 1 is 1.00 bits per heavy atom. The van der Waals surface area contributed by atoms with Crippen molar-refractivity contribution in [1.82, 2.24) is 0 Å². The molecule has 3 rings (SSSR count). The molecular weight excluding hydrogens is 244 g/mol. The third-order valence-corrected chi connectivity index (χ3v) is 4.36. The van der Waals surface area contributed by atoms with E-state index in [1.807, 2.05) is 18.2 Å². The van der Waals surface area contributed by atoms with E-state index in [-0.39, 0.29) is 6.10 Å². The molecule has 0 aromatic heterocycles. The van der Waals surface area contributed by atoms with Crippen molar-refractivity contribution < 1.29 is 5.11 Å². The summed E-state index contributed by atoms with van der Waals surface area (Å²) in [6, 6.07) is 19.0. The summed E-state index contributed by atoms with van der Waals surface area (Å²) in [5, 5.41) is 10.4. The summed E-state index contributed by atoms with van der Waals surface area (Å²) in [5.74, 6) is 0.527. The first kappa shape index (κ1) is 13.4. The molecule has 0 fully saturated rings. The fraction of sp³-hybridized carbons (Fsp3) is 0.368. The molecule has 104 valence electrons. The molecule has 0 spiro atoms. The van der Waals surface area contributed by atoms with Gasteiger partial charge in [0.1, 0.15) is 0 Å². The number of aryl methyl sites for hydroxylation is 1. The molecule has 20 heavy (non-hydrogen) atoms. The van der Waals surface area contributed by atoms with Crippen LogP contribution in [0.15, 0.2) is 54.6 Å². The van der Waals surface area contributed by atoms with Gasteiger partial charge in [-0.05, 0) is 54.7 Å². The van der Waals surface area contributed by atoms with Gasteiger partial charge in [-0.3, -0.25) is 0 Å². The maximum atomic E-state index is 10.4. The molecule has 1 N–H and O–H groups in total. The SMILES string of the molecule is OC(Cc1ccccc1)CC1CCCc2ccccc21. The summed E-state index contributed by atoms with van der Waals surface area (Å²) in [6.07, 6.45) is 5.06. The predicted octanol–water partition coefficient (Wildman–Crippen LogP) is 4.10. The third kappa shape index (κ3) is 3.10. The van der Waals surface area contributed by atoms with Crippen LogP contribution < -0.4 is 0 Å². The van der Waals surface area contributed by atoms with Gasteiger partial charge in [0.15, 0.2) is 0 Å². The van der Waals surface area contributed by atoms with Crippen LogP contribution in [0.3, 0.4) is 0 Å². The average molecular weight is 266 g/mol. The van der Waals surface area contributed by atoms with E-state index in [9.17, 15) is 5.11 Å². The molecule has 1 heteroatoms. The molecule has 1 nitrogen and oxygen atoms in total. The highest BCUT2D eigenvalue weighted by Crippen LogP contribution is 2.34. The number of aliphatic hydroxyl groups excluding tert-OH is 1. The van der Waals surface area contributed by atoms with Crippen molar-refractivity contribution in [1.29, 1.82) is 0 Å². The second-order valence-corrected chi connectivity index (χ2v) is 5.87. The number of aliphatic hydroxyl groups is 1. The van der Waals surface area contributed by atoms with Crippen LogP contribution in [0, 0.1) is 0 Å². The summed E-state index contributed by atoms with van der Waals surface area (Å²) in [5.41, 5.74) is 4.17. The van der Waals surface area contributed by atoms with Crippen molar-refractivity contribution in [3.05, 3.63) is 71.3 Å². The van der Waals surface area contributed by atoms with Crippen molar-refractivity contribution in [3.8, 4) is 0 Å². The number of hydrogen-bond acceptors (Lipinski definition) is 1. The molecule has 0 saturated carbocycles. The summed E-state index contributed by atoms with van der Waals surface area (Å²) in [6.45, 7) is 0. The molecule has 0 bridgehead atoms. The fourth-order valence-corrected chi connectivity index (χ4v) is 3.40. The summed E-state index contributed by atoms with van der Waals surface area (Å²) in [4.78, 5) is 0. The zero-order valence-electron chi connectivity index (χ0n) is 11.8. The average Bonchev–Trinajstić information content (AvgIpc) is 2.48. The van der Waals surface area contributed by atoms with Crippen molar-refractivity contribution in [2.45, 2.75) is 44.1 Å². The quantitative estimate of drug-likeness (QED) is 0.883. The molecule has 0 radical (unpaired) electrons. The van der Waals surface area contributed by atoms with E-state index in [1.54, 1.807) is 0 Å². The van der Waals surface area contributed by atoms with E-state index >= 15 is 0 Å². The number of rotatable bonds is 4. The van der Waals surface area contributed by atoms with Crippen LogP contribution in [0.2, 0.25) is 0 Å². The van der Waals surface area contributed by atoms with Crippen LogP contribution in [-0.2, 0) is 12.8 Å². The van der Waals surface area contributed by atoms with Gasteiger partial charge in [-0.1, -0.05) is 54.6 Å². The smallest absolute Gasteiger partial charge is 0.0586 e. The lowest BCUT2D eigenvalue weighted by molar-refractivity contribution is 0.152. The van der Waals surface area contributed by atoms with Gasteiger partial charge < -0.3 is 5.11 Å². The molecule has 0 aliphatic heterocycles. The lowest BCUT2D eigenvalue weighted by Crippen LogP contribution is -2.18. The largest absolute Gasteiger partial charge is 0.393 e. The highest BCUT2D eigenvalue weighted by atomic mass is 16.3. The standard InChI is InChI=1S/C19H22O/c20-18(13-15-7-2-1-3-8-15)14-17-11-6-10-16-9-4-5-12-19(16)17/h1-5,7-9,12,17-18,20H,6,10-11,13-14H2. The molecule has 2 aromatic rings. The van der Waals surface area contributed by atoms with E-state index in [4.69, 9.17) is 0 Å². The third-order valence-electron chi connectivity index (χ3n) is 4.36. The van der Waals surface area contributed by atoms with Gasteiger partial charge in [0.05, 0.1) is 6.10 Å². The summed E-state index contributed by atoms with van der Waals surface area (Å²) in [7, 11) is 0. The zero-order chi connectivity index (χ0) is 13.8. The second kappa shape index (κ2) is 6.23. The van der Waals surface area contributed by atoms with E-state index in [0.29, 0.717) is 5.92 Å². The van der Waals surface area contributed by atoms with Gasteiger partial charge in [0.2, 0.25) is 0 Å².